The molecule has 1 amide bonds. The molecule has 1 N–H and O–H groups in total. The van der Waals surface area contributed by atoms with Crippen LogP contribution in [0, 0.1) is 18.3 Å². The molecule has 0 radical (unpaired) electrons. The summed E-state index contributed by atoms with van der Waals surface area (Å²) in [6.45, 7) is 7.72. The SMILES string of the molecule is Cc1cccnc1C(=O)NC(C)(C)C.ClCc1cccc2ccccc12.N#Cc1ncccc1CCc1cccc2ccccc12. The molecule has 0 aliphatic heterocycles. The first-order valence-corrected chi connectivity index (χ1v) is 15.8. The lowest BCUT2D eigenvalue weighted by Crippen LogP contribution is -2.41. The summed E-state index contributed by atoms with van der Waals surface area (Å²) < 4.78 is 0. The summed E-state index contributed by atoms with van der Waals surface area (Å²) in [5.41, 5.74) is 5.25. The second kappa shape index (κ2) is 16.3. The van der Waals surface area contributed by atoms with Crippen molar-refractivity contribution < 1.29 is 4.79 Å². The van der Waals surface area contributed by atoms with Crippen LogP contribution in [0.2, 0.25) is 0 Å². The Bertz CT molecular complexity index is 1950. The highest BCUT2D eigenvalue weighted by atomic mass is 35.5. The molecule has 0 fully saturated rings. The molecule has 0 aliphatic carbocycles. The number of pyridine rings is 2. The topological polar surface area (TPSA) is 78.7 Å². The minimum atomic E-state index is -0.221. The zero-order chi connectivity index (χ0) is 32.9. The van der Waals surface area contributed by atoms with Crippen LogP contribution in [0.15, 0.2) is 122 Å². The molecule has 0 spiro atoms. The fourth-order valence-electron chi connectivity index (χ4n) is 5.05. The number of nitrogens with zero attached hydrogens (tertiary/aromatic N) is 3. The maximum absolute atomic E-state index is 11.7. The Kier molecular flexibility index (Phi) is 12.0. The lowest BCUT2D eigenvalue weighted by atomic mass is 9.98. The number of nitriles is 1. The molecule has 0 saturated heterocycles. The minimum Gasteiger partial charge on any atom is -0.346 e. The molecule has 6 rings (SSSR count). The average Bonchev–Trinajstić information content (AvgIpc) is 3.07. The molecule has 0 unspecified atom stereocenters. The number of aryl methyl sites for hydroxylation is 3. The third-order valence-corrected chi connectivity index (χ3v) is 7.57. The van der Waals surface area contributed by atoms with Crippen LogP contribution >= 0.6 is 11.6 Å². The van der Waals surface area contributed by atoms with Gasteiger partial charge in [0.25, 0.3) is 5.91 Å². The Morgan fingerprint density at radius 2 is 1.24 bits per heavy atom. The van der Waals surface area contributed by atoms with Gasteiger partial charge in [0.15, 0.2) is 0 Å². The third-order valence-electron chi connectivity index (χ3n) is 7.28. The van der Waals surface area contributed by atoms with E-state index in [-0.39, 0.29) is 11.4 Å². The van der Waals surface area contributed by atoms with Gasteiger partial charge in [0.2, 0.25) is 0 Å². The van der Waals surface area contributed by atoms with E-state index in [4.69, 9.17) is 16.9 Å². The molecule has 2 aromatic heterocycles. The van der Waals surface area contributed by atoms with Crippen molar-refractivity contribution in [3.63, 3.8) is 0 Å². The van der Waals surface area contributed by atoms with Crippen molar-refractivity contribution >= 4 is 39.1 Å². The van der Waals surface area contributed by atoms with E-state index in [2.05, 4.69) is 88.1 Å². The molecule has 46 heavy (non-hydrogen) atoms. The van der Waals surface area contributed by atoms with Crippen LogP contribution in [0.5, 0.6) is 0 Å². The van der Waals surface area contributed by atoms with Crippen LogP contribution in [-0.2, 0) is 18.7 Å². The van der Waals surface area contributed by atoms with Crippen molar-refractivity contribution in [3.05, 3.63) is 155 Å². The molecule has 0 bridgehead atoms. The quantitative estimate of drug-likeness (QED) is 0.193. The highest BCUT2D eigenvalue weighted by Crippen LogP contribution is 2.21. The number of fused-ring (bicyclic) bond motifs is 2. The van der Waals surface area contributed by atoms with Crippen molar-refractivity contribution in [1.29, 1.82) is 5.26 Å². The van der Waals surface area contributed by atoms with Crippen LogP contribution < -0.4 is 5.32 Å². The maximum Gasteiger partial charge on any atom is 0.270 e. The first-order valence-electron chi connectivity index (χ1n) is 15.3. The Morgan fingerprint density at radius 1 is 0.717 bits per heavy atom. The van der Waals surface area contributed by atoms with Gasteiger partial charge in [-0.1, -0.05) is 97.1 Å². The monoisotopic (exact) mass is 626 g/mol. The number of benzene rings is 4. The molecule has 5 nitrogen and oxygen atoms in total. The second-order valence-electron chi connectivity index (χ2n) is 11.9. The van der Waals surface area contributed by atoms with E-state index in [1.165, 1.54) is 32.7 Å². The summed E-state index contributed by atoms with van der Waals surface area (Å²) in [5.74, 6) is 0.469. The van der Waals surface area contributed by atoms with Crippen LogP contribution in [0.25, 0.3) is 21.5 Å². The third kappa shape index (κ3) is 9.47. The van der Waals surface area contributed by atoms with Crippen LogP contribution in [-0.4, -0.2) is 21.4 Å². The smallest absolute Gasteiger partial charge is 0.270 e. The summed E-state index contributed by atoms with van der Waals surface area (Å²) in [6, 6.07) is 39.0. The minimum absolute atomic E-state index is 0.115. The zero-order valence-corrected chi connectivity index (χ0v) is 27.6. The van der Waals surface area contributed by atoms with Gasteiger partial charge < -0.3 is 5.32 Å². The molecular weight excluding hydrogens is 588 g/mol. The number of carbonyl (C=O) groups excluding carboxylic acids is 1. The predicted octanol–water partition coefficient (Wildman–Crippen LogP) is 9.39. The number of rotatable bonds is 5. The van der Waals surface area contributed by atoms with E-state index in [1.54, 1.807) is 12.4 Å². The van der Waals surface area contributed by atoms with Crippen molar-refractivity contribution in [2.24, 2.45) is 0 Å². The highest BCUT2D eigenvalue weighted by Gasteiger charge is 2.17. The number of amides is 1. The summed E-state index contributed by atoms with van der Waals surface area (Å²) in [7, 11) is 0. The summed E-state index contributed by atoms with van der Waals surface area (Å²) >= 11 is 5.81. The van der Waals surface area contributed by atoms with Gasteiger partial charge in [-0.15, -0.1) is 11.6 Å². The molecule has 0 saturated carbocycles. The number of halogens is 1. The van der Waals surface area contributed by atoms with Crippen LogP contribution in [0.1, 0.15) is 59.2 Å². The van der Waals surface area contributed by atoms with Gasteiger partial charge in [-0.25, -0.2) is 4.98 Å². The van der Waals surface area contributed by atoms with Crippen LogP contribution in [0.3, 0.4) is 0 Å². The zero-order valence-electron chi connectivity index (χ0n) is 26.8. The lowest BCUT2D eigenvalue weighted by molar-refractivity contribution is 0.0913. The van der Waals surface area contributed by atoms with Gasteiger partial charge in [0.05, 0.1) is 0 Å². The summed E-state index contributed by atoms with van der Waals surface area (Å²) in [5, 5.41) is 17.0. The van der Waals surface area contributed by atoms with E-state index in [0.29, 0.717) is 17.3 Å². The molecule has 0 aliphatic rings. The molecule has 6 aromatic rings. The van der Waals surface area contributed by atoms with Gasteiger partial charge >= 0.3 is 0 Å². The number of aromatic nitrogens is 2. The van der Waals surface area contributed by atoms with E-state index in [1.807, 2.05) is 70.2 Å². The normalized spacial score (nSPS) is 10.6. The number of hydrogen-bond acceptors (Lipinski definition) is 4. The number of alkyl halides is 1. The summed E-state index contributed by atoms with van der Waals surface area (Å²) in [4.78, 5) is 19.9. The molecule has 232 valence electrons. The Morgan fingerprint density at radius 3 is 1.85 bits per heavy atom. The Labute approximate surface area is 276 Å². The maximum atomic E-state index is 11.7. The molecular formula is C40H39ClN4O. The van der Waals surface area contributed by atoms with Gasteiger partial charge in [-0.05, 0) is 96.5 Å². The van der Waals surface area contributed by atoms with E-state index >= 15 is 0 Å². The van der Waals surface area contributed by atoms with Crippen molar-refractivity contribution in [2.75, 3.05) is 0 Å². The number of carbonyl (C=O) groups is 1. The molecule has 2 heterocycles. The number of hydrogen-bond donors (Lipinski definition) is 1. The molecule has 0 atom stereocenters. The highest BCUT2D eigenvalue weighted by molar-refractivity contribution is 6.18. The first-order chi connectivity index (χ1) is 22.2. The largest absolute Gasteiger partial charge is 0.346 e. The predicted molar refractivity (Wildman–Crippen MR) is 190 cm³/mol. The van der Waals surface area contributed by atoms with Gasteiger partial charge in [0, 0.05) is 23.8 Å². The Hall–Kier alpha value is -5.05. The summed E-state index contributed by atoms with van der Waals surface area (Å²) in [6.07, 6.45) is 5.05. The standard InChI is InChI=1S/C18H14N2.C11H9Cl.C11H16N2O/c19-13-18-16(8-4-12-20-18)11-10-15-7-3-6-14-5-1-2-9-17(14)15;12-8-10-6-3-5-9-4-1-2-7-11(9)10;1-8-6-5-7-12-9(8)10(14)13-11(2,3)4/h1-9,12H,10-11H2;1-7H,8H2;5-7H,1-4H3,(H,13,14). The van der Waals surface area contributed by atoms with E-state index in [9.17, 15) is 4.79 Å². The van der Waals surface area contributed by atoms with Crippen molar-refractivity contribution in [3.8, 4) is 6.07 Å². The van der Waals surface area contributed by atoms with E-state index < -0.39 is 0 Å². The van der Waals surface area contributed by atoms with Crippen molar-refractivity contribution in [1.82, 2.24) is 15.3 Å². The molecule has 6 heteroatoms. The Balaban J connectivity index is 0.000000163. The fraction of sp³-hybridized carbons (Fsp3) is 0.200. The van der Waals surface area contributed by atoms with Gasteiger partial charge in [-0.2, -0.15) is 5.26 Å². The van der Waals surface area contributed by atoms with E-state index in [0.717, 1.165) is 24.0 Å². The van der Waals surface area contributed by atoms with Crippen LogP contribution in [0.4, 0.5) is 0 Å². The second-order valence-corrected chi connectivity index (χ2v) is 12.2. The lowest BCUT2D eigenvalue weighted by Gasteiger charge is -2.20. The first kappa shape index (κ1) is 33.8. The van der Waals surface area contributed by atoms with Crippen molar-refractivity contribution in [2.45, 2.75) is 52.0 Å². The average molecular weight is 627 g/mol. The fourth-order valence-corrected chi connectivity index (χ4v) is 5.29. The molecule has 4 aromatic carbocycles. The van der Waals surface area contributed by atoms with Gasteiger partial charge in [0.1, 0.15) is 17.5 Å². The van der Waals surface area contributed by atoms with Gasteiger partial charge in [-0.3, -0.25) is 9.78 Å². The number of nitrogens with one attached hydrogen (secondary N) is 1.